The molecule has 0 N–H and O–H groups in total. The van der Waals surface area contributed by atoms with E-state index in [2.05, 4.69) is 140 Å². The fourth-order valence-electron chi connectivity index (χ4n) is 9.15. The van der Waals surface area contributed by atoms with Crippen LogP contribution in [0.15, 0.2) is 176 Å². The van der Waals surface area contributed by atoms with Crippen molar-refractivity contribution in [2.45, 2.75) is 10.3 Å². The number of aromatic nitrogens is 2. The highest BCUT2D eigenvalue weighted by Crippen LogP contribution is 2.52. The minimum Gasteiger partial charge on any atom is -0.297 e. The van der Waals surface area contributed by atoms with E-state index in [0.717, 1.165) is 27.9 Å². The molecule has 0 saturated carbocycles. The Bertz CT molecular complexity index is 3200. The molecule has 0 spiro atoms. The number of hydrogen-bond donors (Lipinski definition) is 0. The van der Waals surface area contributed by atoms with Crippen molar-refractivity contribution in [3.8, 4) is 61.3 Å². The lowest BCUT2D eigenvalue weighted by molar-refractivity contribution is 0.757. The molecule has 11 rings (SSSR count). The second-order valence-corrected chi connectivity index (χ2v) is 15.5. The van der Waals surface area contributed by atoms with Crippen LogP contribution in [-0.2, 0) is 5.21 Å². The van der Waals surface area contributed by atoms with Crippen molar-refractivity contribution < 1.29 is 0 Å². The summed E-state index contributed by atoms with van der Waals surface area (Å²) in [5.41, 5.74) is 14.5. The molecule has 1 aliphatic rings. The third kappa shape index (κ3) is 5.09. The van der Waals surface area contributed by atoms with Gasteiger partial charge in [0, 0.05) is 5.69 Å². The van der Waals surface area contributed by atoms with Crippen molar-refractivity contribution in [1.82, 2.24) is 9.55 Å². The number of para-hydroxylation sites is 2. The van der Waals surface area contributed by atoms with Gasteiger partial charge in [-0.1, -0.05) is 157 Å². The van der Waals surface area contributed by atoms with E-state index in [0.29, 0.717) is 5.52 Å². The third-order valence-electron chi connectivity index (χ3n) is 12.0. The maximum absolute atomic E-state index is 6.48. The van der Waals surface area contributed by atoms with Gasteiger partial charge in [0.25, 0.3) is 0 Å². The molecule has 0 saturated heterocycles. The van der Waals surface area contributed by atoms with E-state index in [-0.39, 0.29) is 5.82 Å². The Morgan fingerprint density at radius 1 is 0.379 bits per heavy atom. The van der Waals surface area contributed by atoms with Crippen LogP contribution >= 0.6 is 0 Å². The van der Waals surface area contributed by atoms with Crippen LogP contribution in [0.5, 0.6) is 0 Å². The first-order valence-electron chi connectivity index (χ1n) is 19.4. The first-order chi connectivity index (χ1) is 28.2. The summed E-state index contributed by atoms with van der Waals surface area (Å²) in [4.78, 5) is 4.72. The summed E-state index contributed by atoms with van der Waals surface area (Å²) in [7, 11) is 31.1. The van der Waals surface area contributed by atoms with E-state index in [4.69, 9.17) is 44.2 Å². The van der Waals surface area contributed by atoms with Gasteiger partial charge in [0.1, 0.15) is 5.82 Å². The van der Waals surface area contributed by atoms with Gasteiger partial charge in [-0.2, -0.15) is 0 Å². The van der Waals surface area contributed by atoms with Gasteiger partial charge in [0.15, 0.2) is 0 Å². The molecule has 9 aromatic carbocycles. The van der Waals surface area contributed by atoms with E-state index in [1.165, 1.54) is 71.3 Å². The second-order valence-electron chi connectivity index (χ2n) is 15.5. The van der Waals surface area contributed by atoms with Crippen molar-refractivity contribution in [2.24, 2.45) is 0 Å². The maximum atomic E-state index is 6.48. The molecule has 0 atom stereocenters. The van der Waals surface area contributed by atoms with Gasteiger partial charge in [0.05, 0.1) is 50.3 Å². The van der Waals surface area contributed by atoms with Crippen molar-refractivity contribution in [3.05, 3.63) is 182 Å². The van der Waals surface area contributed by atoms with E-state index in [1.807, 2.05) is 41.0 Å². The molecule has 58 heavy (non-hydrogen) atoms. The monoisotopic (exact) mass is 724 g/mol. The zero-order valence-corrected chi connectivity index (χ0v) is 31.5. The number of benzene rings is 9. The Kier molecular flexibility index (Phi) is 7.66. The van der Waals surface area contributed by atoms with Gasteiger partial charge in [-0.3, -0.25) is 4.57 Å². The Morgan fingerprint density at radius 2 is 0.845 bits per heavy atom. The topological polar surface area (TPSA) is 17.8 Å². The number of nitrogens with zero attached hydrogens (tertiary/aromatic N) is 2. The van der Waals surface area contributed by atoms with Crippen molar-refractivity contribution in [3.63, 3.8) is 0 Å². The lowest BCUT2D eigenvalue weighted by Gasteiger charge is -2.41. The van der Waals surface area contributed by atoms with Gasteiger partial charge < -0.3 is 0 Å². The Labute approximate surface area is 344 Å². The highest BCUT2D eigenvalue weighted by molar-refractivity contribution is 6.67. The van der Waals surface area contributed by atoms with Crippen molar-refractivity contribution >= 4 is 82.6 Å². The molecular weight excluding hydrogens is 695 g/mol. The van der Waals surface area contributed by atoms with Gasteiger partial charge in [0.2, 0.25) is 0 Å². The molecule has 0 aliphatic heterocycles. The molecule has 7 heteroatoms. The standard InChI is InChI=1S/C51H29B5N2/c52-50(53,51(54,55)56)49-57-44-18-7-8-19-45(44)58(49)33-26-24-31(25-27-33)30-20-22-32(23-21-30)46-37-12-3-5-14-39(37)48(40-15-6-4-13-38(40)46)43-29-28-42-35-11-2-1-10-34(35)36-16-9-17-41(43)47(36)42/h1-29H. The first-order valence-corrected chi connectivity index (χ1v) is 19.4. The van der Waals surface area contributed by atoms with Gasteiger partial charge in [-0.05, 0) is 112 Å². The highest BCUT2D eigenvalue weighted by Gasteiger charge is 2.36. The molecule has 0 bridgehead atoms. The normalized spacial score (nSPS) is 12.5. The predicted molar refractivity (Wildman–Crippen MR) is 247 cm³/mol. The molecule has 1 aromatic heterocycles. The molecule has 1 aliphatic carbocycles. The summed E-state index contributed by atoms with van der Waals surface area (Å²) >= 11 is 0. The quantitative estimate of drug-likeness (QED) is 0.123. The zero-order valence-electron chi connectivity index (χ0n) is 31.5. The molecule has 10 aromatic rings. The van der Waals surface area contributed by atoms with Crippen LogP contribution in [0, 0.1) is 0 Å². The Balaban J connectivity index is 1.02. The summed E-state index contributed by atoms with van der Waals surface area (Å²) in [5, 5.41) is 3.76. The predicted octanol–water partition coefficient (Wildman–Crippen LogP) is 11.2. The summed E-state index contributed by atoms with van der Waals surface area (Å²) in [6.07, 6.45) is 0. The zero-order chi connectivity index (χ0) is 39.3. The fourth-order valence-corrected chi connectivity index (χ4v) is 9.15. The molecule has 1 heterocycles. The SMILES string of the molecule is [B]C([B])([B])C([B])([B])c1nc2ccccc2n1-c1ccc(-c2ccc(-c3c4ccccc4c(-c4ccc5c6c(cccc46)-c4ccccc4-5)c4ccccc34)cc2)cc1. The molecule has 0 unspecified atom stereocenters. The van der Waals surface area contributed by atoms with Crippen LogP contribution in [0.3, 0.4) is 0 Å². The minimum absolute atomic E-state index is 0.267. The summed E-state index contributed by atoms with van der Waals surface area (Å²) < 4.78 is 1.87. The van der Waals surface area contributed by atoms with E-state index >= 15 is 0 Å². The number of imidazole rings is 1. The molecule has 10 radical (unpaired) electrons. The van der Waals surface area contributed by atoms with Crippen LogP contribution in [-0.4, -0.2) is 48.8 Å². The summed E-state index contributed by atoms with van der Waals surface area (Å²) in [6, 6.07) is 62.5. The van der Waals surface area contributed by atoms with Gasteiger partial charge >= 0.3 is 0 Å². The fraction of sp³-hybridized carbons (Fsp3) is 0.0392. The molecule has 258 valence electrons. The largest absolute Gasteiger partial charge is 0.297 e. The number of hydrogen-bond acceptors (Lipinski definition) is 1. The lowest BCUT2D eigenvalue weighted by atomic mass is 9.23. The van der Waals surface area contributed by atoms with Crippen LogP contribution < -0.4 is 0 Å². The minimum atomic E-state index is -1.92. The van der Waals surface area contributed by atoms with E-state index < -0.39 is 10.3 Å². The number of rotatable bonds is 6. The Hall–Kier alpha value is -6.45. The average Bonchev–Trinajstić information content (AvgIpc) is 3.81. The van der Waals surface area contributed by atoms with Crippen LogP contribution in [0.2, 0.25) is 5.11 Å². The number of fused-ring (bicyclic) bond motifs is 6. The van der Waals surface area contributed by atoms with E-state index in [1.54, 1.807) is 0 Å². The van der Waals surface area contributed by atoms with Crippen LogP contribution in [0.25, 0.3) is 105 Å². The lowest BCUT2D eigenvalue weighted by Crippen LogP contribution is -2.45. The van der Waals surface area contributed by atoms with E-state index in [9.17, 15) is 0 Å². The second kappa shape index (κ2) is 12.8. The summed E-state index contributed by atoms with van der Waals surface area (Å²) in [6.45, 7) is 0. The molecule has 0 fully saturated rings. The van der Waals surface area contributed by atoms with Crippen LogP contribution in [0.1, 0.15) is 5.82 Å². The average molecular weight is 724 g/mol. The van der Waals surface area contributed by atoms with Gasteiger partial charge in [-0.15, -0.1) is 5.11 Å². The molecule has 0 amide bonds. The molecule has 2 nitrogen and oxygen atoms in total. The maximum Gasteiger partial charge on any atom is 0.101 e. The smallest absolute Gasteiger partial charge is 0.101 e. The third-order valence-corrected chi connectivity index (χ3v) is 12.0. The Morgan fingerprint density at radius 3 is 1.47 bits per heavy atom. The van der Waals surface area contributed by atoms with Crippen molar-refractivity contribution in [2.75, 3.05) is 0 Å². The van der Waals surface area contributed by atoms with Crippen molar-refractivity contribution in [1.29, 1.82) is 0 Å². The first kappa shape index (κ1) is 34.8. The molecular formula is C51H29B5N2. The van der Waals surface area contributed by atoms with Gasteiger partial charge in [-0.25, -0.2) is 4.98 Å². The summed E-state index contributed by atoms with van der Waals surface area (Å²) in [5.74, 6) is 0.267. The highest BCUT2D eigenvalue weighted by atomic mass is 15.1. The van der Waals surface area contributed by atoms with Crippen LogP contribution in [0.4, 0.5) is 0 Å².